The van der Waals surface area contributed by atoms with Crippen LogP contribution in [0.4, 0.5) is 4.79 Å². The second kappa shape index (κ2) is 6.60. The molecule has 1 aliphatic heterocycles. The van der Waals surface area contributed by atoms with E-state index in [0.717, 1.165) is 5.56 Å². The summed E-state index contributed by atoms with van der Waals surface area (Å²) in [6, 6.07) is 9.25. The molecule has 2 rings (SSSR count). The number of carbonyl (C=O) groups excluding carboxylic acids is 3. The smallest absolute Gasteiger partial charge is 0.410 e. The van der Waals surface area contributed by atoms with E-state index in [4.69, 9.17) is 9.47 Å². The first kappa shape index (κ1) is 16.0. The quantitative estimate of drug-likeness (QED) is 0.796. The van der Waals surface area contributed by atoms with Crippen molar-refractivity contribution in [1.82, 2.24) is 4.90 Å². The maximum Gasteiger partial charge on any atom is 0.410 e. The second-order valence-corrected chi connectivity index (χ2v) is 5.66. The number of piperidine rings is 1. The Morgan fingerprint density at radius 2 is 1.95 bits per heavy atom. The lowest BCUT2D eigenvalue weighted by molar-refractivity contribution is -0.157. The van der Waals surface area contributed by atoms with Crippen molar-refractivity contribution in [3.05, 3.63) is 35.9 Å². The maximum atomic E-state index is 12.1. The number of hydrogen-bond donors (Lipinski definition) is 0. The Bertz CT molecular complexity index is 571. The first-order chi connectivity index (χ1) is 10.4. The van der Waals surface area contributed by atoms with Crippen molar-refractivity contribution in [3.8, 4) is 0 Å². The molecule has 0 spiro atoms. The van der Waals surface area contributed by atoms with Gasteiger partial charge in [-0.15, -0.1) is 0 Å². The number of nitrogens with zero attached hydrogens (tertiary/aromatic N) is 1. The topological polar surface area (TPSA) is 72.9 Å². The number of ether oxygens (including phenoxy) is 2. The zero-order valence-corrected chi connectivity index (χ0v) is 12.7. The summed E-state index contributed by atoms with van der Waals surface area (Å²) in [4.78, 5) is 37.0. The van der Waals surface area contributed by atoms with Crippen molar-refractivity contribution < 1.29 is 23.9 Å². The van der Waals surface area contributed by atoms with Crippen molar-refractivity contribution >= 4 is 17.8 Å². The Balaban J connectivity index is 2.00. The largest absolute Gasteiger partial charge is 0.469 e. The standard InChI is InChI=1S/C16H19NO5/c1-16(14(19)21-2)8-13(18)9-17(11-16)15(20)22-10-12-6-4-3-5-7-12/h3-7H,8-11H2,1-2H3. The van der Waals surface area contributed by atoms with Crippen molar-refractivity contribution in [1.29, 1.82) is 0 Å². The van der Waals surface area contributed by atoms with Gasteiger partial charge >= 0.3 is 12.1 Å². The molecule has 22 heavy (non-hydrogen) atoms. The minimum Gasteiger partial charge on any atom is -0.469 e. The third-order valence-electron chi connectivity index (χ3n) is 3.64. The van der Waals surface area contributed by atoms with E-state index in [9.17, 15) is 14.4 Å². The van der Waals surface area contributed by atoms with Crippen molar-refractivity contribution in [2.75, 3.05) is 20.2 Å². The van der Waals surface area contributed by atoms with Crippen molar-refractivity contribution in [2.45, 2.75) is 20.0 Å². The Hall–Kier alpha value is -2.37. The van der Waals surface area contributed by atoms with Gasteiger partial charge in [0.25, 0.3) is 0 Å². The number of rotatable bonds is 3. The molecule has 118 valence electrons. The van der Waals surface area contributed by atoms with Crippen LogP contribution in [-0.4, -0.2) is 42.9 Å². The summed E-state index contributed by atoms with van der Waals surface area (Å²) in [5, 5.41) is 0. The van der Waals surface area contributed by atoms with E-state index < -0.39 is 17.5 Å². The molecule has 1 unspecified atom stereocenters. The van der Waals surface area contributed by atoms with Gasteiger partial charge in [-0.25, -0.2) is 4.79 Å². The van der Waals surface area contributed by atoms with Crippen LogP contribution in [0.15, 0.2) is 30.3 Å². The van der Waals surface area contributed by atoms with E-state index in [2.05, 4.69) is 0 Å². The number of carbonyl (C=O) groups is 3. The van der Waals surface area contributed by atoms with E-state index in [1.807, 2.05) is 30.3 Å². The predicted octanol–water partition coefficient (Wildman–Crippen LogP) is 1.78. The van der Waals surface area contributed by atoms with Gasteiger partial charge in [0.15, 0.2) is 5.78 Å². The molecule has 6 heteroatoms. The highest BCUT2D eigenvalue weighted by molar-refractivity contribution is 5.91. The average Bonchev–Trinajstić information content (AvgIpc) is 2.51. The number of likely N-dealkylation sites (tertiary alicyclic amines) is 1. The lowest BCUT2D eigenvalue weighted by Crippen LogP contribution is -2.52. The summed E-state index contributed by atoms with van der Waals surface area (Å²) < 4.78 is 9.93. The van der Waals surface area contributed by atoms with Crippen LogP contribution >= 0.6 is 0 Å². The molecule has 0 aromatic heterocycles. The summed E-state index contributed by atoms with van der Waals surface area (Å²) in [7, 11) is 1.27. The highest BCUT2D eigenvalue weighted by atomic mass is 16.6. The average molecular weight is 305 g/mol. The maximum absolute atomic E-state index is 12.1. The molecule has 0 bridgehead atoms. The summed E-state index contributed by atoms with van der Waals surface area (Å²) in [6.45, 7) is 1.81. The SMILES string of the molecule is COC(=O)C1(C)CC(=O)CN(C(=O)OCc2ccccc2)C1. The Kier molecular flexibility index (Phi) is 4.80. The summed E-state index contributed by atoms with van der Waals surface area (Å²) in [6.07, 6.45) is -0.533. The van der Waals surface area contributed by atoms with Gasteiger partial charge in [0, 0.05) is 13.0 Å². The van der Waals surface area contributed by atoms with Gasteiger partial charge in [-0.2, -0.15) is 0 Å². The molecule has 1 aliphatic rings. The Morgan fingerprint density at radius 3 is 2.59 bits per heavy atom. The number of methoxy groups -OCH3 is 1. The van der Waals surface area contributed by atoms with E-state index >= 15 is 0 Å². The third kappa shape index (κ3) is 3.63. The van der Waals surface area contributed by atoms with Gasteiger partial charge in [0.1, 0.15) is 6.61 Å². The molecule has 0 saturated carbocycles. The Morgan fingerprint density at radius 1 is 1.27 bits per heavy atom. The lowest BCUT2D eigenvalue weighted by atomic mass is 9.81. The molecule has 1 aromatic carbocycles. The fraction of sp³-hybridized carbons (Fsp3) is 0.438. The zero-order valence-electron chi connectivity index (χ0n) is 12.7. The van der Waals surface area contributed by atoms with Gasteiger partial charge in [0.05, 0.1) is 19.1 Å². The van der Waals surface area contributed by atoms with Crippen LogP contribution in [0.5, 0.6) is 0 Å². The van der Waals surface area contributed by atoms with Crippen LogP contribution < -0.4 is 0 Å². The molecule has 1 heterocycles. The first-order valence-corrected chi connectivity index (χ1v) is 7.00. The van der Waals surface area contributed by atoms with Crippen LogP contribution in [0.1, 0.15) is 18.9 Å². The van der Waals surface area contributed by atoms with Crippen molar-refractivity contribution in [3.63, 3.8) is 0 Å². The molecule has 0 aliphatic carbocycles. The minimum atomic E-state index is -1.02. The fourth-order valence-corrected chi connectivity index (χ4v) is 2.56. The van der Waals surface area contributed by atoms with Gasteiger partial charge in [0.2, 0.25) is 0 Å². The van der Waals surface area contributed by atoms with Gasteiger partial charge in [-0.05, 0) is 12.5 Å². The first-order valence-electron chi connectivity index (χ1n) is 7.00. The van der Waals surface area contributed by atoms with Crippen LogP contribution in [-0.2, 0) is 25.7 Å². The number of hydrogen-bond acceptors (Lipinski definition) is 5. The van der Waals surface area contributed by atoms with E-state index in [-0.39, 0.29) is 31.9 Å². The molecule has 1 fully saturated rings. The molecule has 6 nitrogen and oxygen atoms in total. The molecule has 1 atom stereocenters. The molecule has 1 amide bonds. The van der Waals surface area contributed by atoms with Gasteiger partial charge in [-0.3, -0.25) is 14.5 Å². The van der Waals surface area contributed by atoms with Crippen LogP contribution in [0.3, 0.4) is 0 Å². The van der Waals surface area contributed by atoms with Crippen molar-refractivity contribution in [2.24, 2.45) is 5.41 Å². The number of ketones is 1. The number of Topliss-reactive ketones (excluding diaryl/α,β-unsaturated/α-hetero) is 1. The zero-order chi connectivity index (χ0) is 16.2. The van der Waals surface area contributed by atoms with Crippen LogP contribution in [0.25, 0.3) is 0 Å². The monoisotopic (exact) mass is 305 g/mol. The van der Waals surface area contributed by atoms with Gasteiger partial charge < -0.3 is 9.47 Å². The number of benzene rings is 1. The number of esters is 1. The molecule has 0 N–H and O–H groups in total. The van der Waals surface area contributed by atoms with Crippen LogP contribution in [0.2, 0.25) is 0 Å². The van der Waals surface area contributed by atoms with E-state index in [1.165, 1.54) is 12.0 Å². The summed E-state index contributed by atoms with van der Waals surface area (Å²) >= 11 is 0. The third-order valence-corrected chi connectivity index (χ3v) is 3.64. The highest BCUT2D eigenvalue weighted by Gasteiger charge is 2.44. The molecule has 1 aromatic rings. The molecule has 1 saturated heterocycles. The normalized spacial score (nSPS) is 21.4. The Labute approximate surface area is 129 Å². The molecular formula is C16H19NO5. The van der Waals surface area contributed by atoms with Gasteiger partial charge in [-0.1, -0.05) is 30.3 Å². The summed E-state index contributed by atoms with van der Waals surface area (Å²) in [5.74, 6) is -0.683. The second-order valence-electron chi connectivity index (χ2n) is 5.66. The van der Waals surface area contributed by atoms with Crippen LogP contribution in [0, 0.1) is 5.41 Å². The van der Waals surface area contributed by atoms with E-state index in [0.29, 0.717) is 0 Å². The van der Waals surface area contributed by atoms with E-state index in [1.54, 1.807) is 6.92 Å². The summed E-state index contributed by atoms with van der Waals surface area (Å²) in [5.41, 5.74) is -0.162. The lowest BCUT2D eigenvalue weighted by Gasteiger charge is -2.36. The fourth-order valence-electron chi connectivity index (χ4n) is 2.56. The molecule has 0 radical (unpaired) electrons. The molecular weight excluding hydrogens is 286 g/mol. The highest BCUT2D eigenvalue weighted by Crippen LogP contribution is 2.29. The predicted molar refractivity (Wildman–Crippen MR) is 77.9 cm³/mol. The minimum absolute atomic E-state index is 0.0415. The number of amides is 1.